The van der Waals surface area contributed by atoms with Crippen molar-refractivity contribution in [1.82, 2.24) is 4.90 Å². The van der Waals surface area contributed by atoms with Crippen LogP contribution in [0, 0.1) is 5.92 Å². The maximum absolute atomic E-state index is 11.2. The monoisotopic (exact) mass is 169 g/mol. The maximum Gasteiger partial charge on any atom is 0.201 e. The SMILES string of the molecule is CC(=O)C(=O)C1CCN(C)CC1. The summed E-state index contributed by atoms with van der Waals surface area (Å²) < 4.78 is 0. The molecule has 0 unspecified atom stereocenters. The highest BCUT2D eigenvalue weighted by atomic mass is 16.2. The Morgan fingerprint density at radius 1 is 1.25 bits per heavy atom. The van der Waals surface area contributed by atoms with Gasteiger partial charge in [-0.3, -0.25) is 9.59 Å². The average molecular weight is 169 g/mol. The van der Waals surface area contributed by atoms with Crippen molar-refractivity contribution in [1.29, 1.82) is 0 Å². The van der Waals surface area contributed by atoms with Gasteiger partial charge in [-0.05, 0) is 33.0 Å². The number of carbonyl (C=O) groups is 2. The molecule has 0 atom stereocenters. The van der Waals surface area contributed by atoms with Crippen LogP contribution in [0.1, 0.15) is 19.8 Å². The van der Waals surface area contributed by atoms with Crippen molar-refractivity contribution in [3.8, 4) is 0 Å². The molecule has 0 N–H and O–H groups in total. The van der Waals surface area contributed by atoms with Gasteiger partial charge in [-0.2, -0.15) is 0 Å². The van der Waals surface area contributed by atoms with Gasteiger partial charge in [0.05, 0.1) is 0 Å². The first kappa shape index (κ1) is 9.39. The van der Waals surface area contributed by atoms with Crippen molar-refractivity contribution in [2.45, 2.75) is 19.8 Å². The topological polar surface area (TPSA) is 37.4 Å². The summed E-state index contributed by atoms with van der Waals surface area (Å²) in [4.78, 5) is 24.2. The molecule has 0 radical (unpaired) electrons. The van der Waals surface area contributed by atoms with Gasteiger partial charge >= 0.3 is 0 Å². The molecule has 1 fully saturated rings. The van der Waals surface area contributed by atoms with E-state index in [9.17, 15) is 9.59 Å². The summed E-state index contributed by atoms with van der Waals surface area (Å²) in [5, 5.41) is 0. The third kappa shape index (κ3) is 2.14. The Labute approximate surface area is 72.7 Å². The van der Waals surface area contributed by atoms with Gasteiger partial charge in [-0.15, -0.1) is 0 Å². The fourth-order valence-electron chi connectivity index (χ4n) is 1.56. The van der Waals surface area contributed by atoms with Crippen LogP contribution in [-0.2, 0) is 9.59 Å². The van der Waals surface area contributed by atoms with Crippen LogP contribution in [-0.4, -0.2) is 36.6 Å². The smallest absolute Gasteiger partial charge is 0.201 e. The zero-order valence-corrected chi connectivity index (χ0v) is 7.67. The Bertz CT molecular complexity index is 193. The fraction of sp³-hybridized carbons (Fsp3) is 0.778. The lowest BCUT2D eigenvalue weighted by atomic mass is 9.91. The lowest BCUT2D eigenvalue weighted by Gasteiger charge is -2.27. The van der Waals surface area contributed by atoms with E-state index in [1.165, 1.54) is 6.92 Å². The number of Topliss-reactive ketones (excluding diaryl/α,β-unsaturated/α-hetero) is 2. The number of nitrogens with zero attached hydrogens (tertiary/aromatic N) is 1. The highest BCUT2D eigenvalue weighted by molar-refractivity contribution is 6.37. The Kier molecular flexibility index (Phi) is 2.98. The van der Waals surface area contributed by atoms with Crippen molar-refractivity contribution < 1.29 is 9.59 Å². The molecule has 0 amide bonds. The molecule has 1 aliphatic rings. The lowest BCUT2D eigenvalue weighted by molar-refractivity contribution is -0.138. The standard InChI is InChI=1S/C9H15NO2/c1-7(11)9(12)8-3-5-10(2)6-4-8/h8H,3-6H2,1-2H3. The van der Waals surface area contributed by atoms with E-state index in [1.807, 2.05) is 7.05 Å². The van der Waals surface area contributed by atoms with Crippen LogP contribution in [0.25, 0.3) is 0 Å². The van der Waals surface area contributed by atoms with Crippen molar-refractivity contribution in [2.24, 2.45) is 5.92 Å². The number of carbonyl (C=O) groups excluding carboxylic acids is 2. The summed E-state index contributed by atoms with van der Waals surface area (Å²) in [5.41, 5.74) is 0. The van der Waals surface area contributed by atoms with Gasteiger partial charge in [0.2, 0.25) is 5.78 Å². The summed E-state index contributed by atoms with van der Waals surface area (Å²) in [6, 6.07) is 0. The van der Waals surface area contributed by atoms with E-state index in [4.69, 9.17) is 0 Å². The number of hydrogen-bond donors (Lipinski definition) is 0. The molecule has 0 aromatic carbocycles. The second-order valence-corrected chi connectivity index (χ2v) is 3.50. The average Bonchev–Trinajstić information content (AvgIpc) is 2.04. The van der Waals surface area contributed by atoms with E-state index in [0.29, 0.717) is 0 Å². The molecule has 0 spiro atoms. The van der Waals surface area contributed by atoms with Crippen molar-refractivity contribution >= 4 is 11.6 Å². The van der Waals surface area contributed by atoms with E-state index < -0.39 is 0 Å². The molecular formula is C9H15NO2. The van der Waals surface area contributed by atoms with Gasteiger partial charge in [0.15, 0.2) is 5.78 Å². The highest BCUT2D eigenvalue weighted by Gasteiger charge is 2.25. The Hall–Kier alpha value is -0.700. The lowest BCUT2D eigenvalue weighted by Crippen LogP contribution is -2.35. The molecule has 0 saturated carbocycles. The van der Waals surface area contributed by atoms with Gasteiger partial charge in [0, 0.05) is 12.8 Å². The zero-order chi connectivity index (χ0) is 9.14. The van der Waals surface area contributed by atoms with E-state index >= 15 is 0 Å². The molecule has 0 aliphatic carbocycles. The Morgan fingerprint density at radius 3 is 2.17 bits per heavy atom. The summed E-state index contributed by atoms with van der Waals surface area (Å²) >= 11 is 0. The fourth-order valence-corrected chi connectivity index (χ4v) is 1.56. The van der Waals surface area contributed by atoms with E-state index in [0.717, 1.165) is 25.9 Å². The predicted octanol–water partition coefficient (Wildman–Crippen LogP) is 0.486. The third-order valence-corrected chi connectivity index (χ3v) is 2.44. The summed E-state index contributed by atoms with van der Waals surface area (Å²) in [6.45, 7) is 3.23. The molecule has 0 aromatic rings. The molecule has 68 valence electrons. The third-order valence-electron chi connectivity index (χ3n) is 2.44. The normalized spacial score (nSPS) is 20.8. The van der Waals surface area contributed by atoms with Crippen LogP contribution in [0.2, 0.25) is 0 Å². The predicted molar refractivity (Wildman–Crippen MR) is 45.9 cm³/mol. The molecule has 1 saturated heterocycles. The maximum atomic E-state index is 11.2. The first-order chi connectivity index (χ1) is 5.61. The molecule has 1 rings (SSSR count). The second kappa shape index (κ2) is 3.81. The first-order valence-corrected chi connectivity index (χ1v) is 4.34. The quantitative estimate of drug-likeness (QED) is 0.564. The van der Waals surface area contributed by atoms with Gasteiger partial charge in [0.25, 0.3) is 0 Å². The molecule has 1 aliphatic heterocycles. The van der Waals surface area contributed by atoms with Crippen LogP contribution >= 0.6 is 0 Å². The molecule has 3 nitrogen and oxygen atoms in total. The summed E-state index contributed by atoms with van der Waals surface area (Å²) in [5.74, 6) is -0.466. The van der Waals surface area contributed by atoms with Crippen LogP contribution in [0.3, 0.4) is 0 Å². The Balaban J connectivity index is 2.44. The summed E-state index contributed by atoms with van der Waals surface area (Å²) in [7, 11) is 2.04. The second-order valence-electron chi connectivity index (χ2n) is 3.50. The number of rotatable bonds is 2. The largest absolute Gasteiger partial charge is 0.306 e. The van der Waals surface area contributed by atoms with Gasteiger partial charge in [0.1, 0.15) is 0 Å². The van der Waals surface area contributed by atoms with Crippen LogP contribution in [0.4, 0.5) is 0 Å². The summed E-state index contributed by atoms with van der Waals surface area (Å²) in [6.07, 6.45) is 1.68. The van der Waals surface area contributed by atoms with Crippen LogP contribution in [0.5, 0.6) is 0 Å². The number of ketones is 2. The van der Waals surface area contributed by atoms with Crippen molar-refractivity contribution in [3.63, 3.8) is 0 Å². The van der Waals surface area contributed by atoms with Crippen molar-refractivity contribution in [3.05, 3.63) is 0 Å². The van der Waals surface area contributed by atoms with E-state index in [1.54, 1.807) is 0 Å². The number of piperidine rings is 1. The van der Waals surface area contributed by atoms with Gasteiger partial charge < -0.3 is 4.90 Å². The number of hydrogen-bond acceptors (Lipinski definition) is 3. The molecule has 12 heavy (non-hydrogen) atoms. The first-order valence-electron chi connectivity index (χ1n) is 4.34. The molecule has 0 aromatic heterocycles. The number of likely N-dealkylation sites (tertiary alicyclic amines) is 1. The van der Waals surface area contributed by atoms with E-state index in [-0.39, 0.29) is 17.5 Å². The van der Waals surface area contributed by atoms with Crippen molar-refractivity contribution in [2.75, 3.05) is 20.1 Å². The molecule has 3 heteroatoms. The molecule has 0 bridgehead atoms. The minimum Gasteiger partial charge on any atom is -0.306 e. The van der Waals surface area contributed by atoms with Crippen LogP contribution in [0.15, 0.2) is 0 Å². The minimum atomic E-state index is -0.287. The van der Waals surface area contributed by atoms with Gasteiger partial charge in [-0.1, -0.05) is 0 Å². The molecular weight excluding hydrogens is 154 g/mol. The van der Waals surface area contributed by atoms with Crippen LogP contribution < -0.4 is 0 Å². The van der Waals surface area contributed by atoms with E-state index in [2.05, 4.69) is 4.90 Å². The zero-order valence-electron chi connectivity index (χ0n) is 7.67. The Morgan fingerprint density at radius 2 is 1.75 bits per heavy atom. The highest BCUT2D eigenvalue weighted by Crippen LogP contribution is 2.16. The molecule has 1 heterocycles. The van der Waals surface area contributed by atoms with Gasteiger partial charge in [-0.25, -0.2) is 0 Å². The minimum absolute atomic E-state index is 0.00120.